The Morgan fingerprint density at radius 2 is 1.36 bits per heavy atom. The van der Waals surface area contributed by atoms with Crippen LogP contribution in [-0.2, 0) is 4.43 Å². The molecule has 0 aromatic rings. The van der Waals surface area contributed by atoms with Crippen LogP contribution in [0.15, 0.2) is 12.0 Å². The Kier molecular flexibility index (Phi) is 3.85. The first-order chi connectivity index (χ1) is 5.88. The number of rotatable bonds is 3. The highest BCUT2D eigenvalue weighted by atomic mass is 28.4. The van der Waals surface area contributed by atoms with Crippen LogP contribution in [0.25, 0.3) is 0 Å². The maximum absolute atomic E-state index is 6.04. The lowest BCUT2D eigenvalue weighted by Crippen LogP contribution is -2.43. The summed E-state index contributed by atoms with van der Waals surface area (Å²) in [6.45, 7) is 22.3. The van der Waals surface area contributed by atoms with E-state index in [9.17, 15) is 0 Å². The molecule has 0 unspecified atom stereocenters. The van der Waals surface area contributed by atoms with Crippen molar-refractivity contribution in [1.29, 1.82) is 0 Å². The second-order valence-corrected chi connectivity index (χ2v) is 16.2. The Labute approximate surface area is 91.7 Å². The van der Waals surface area contributed by atoms with Crippen molar-refractivity contribution in [3.8, 4) is 0 Å². The van der Waals surface area contributed by atoms with Crippen molar-refractivity contribution in [3.05, 3.63) is 12.0 Å². The van der Waals surface area contributed by atoms with E-state index in [2.05, 4.69) is 60.1 Å². The van der Waals surface area contributed by atoms with Crippen LogP contribution in [0, 0.1) is 0 Å². The summed E-state index contributed by atoms with van der Waals surface area (Å²) in [6, 6.07) is 0. The second kappa shape index (κ2) is 3.85. The molecule has 0 radical (unpaired) electrons. The molecular formula is C11H26OSi2. The Hall–Kier alpha value is -0.0262. The third-order valence-corrected chi connectivity index (χ3v) is 9.31. The Morgan fingerprint density at radius 1 is 1.00 bits per heavy atom. The van der Waals surface area contributed by atoms with Gasteiger partial charge in [0, 0.05) is 0 Å². The third kappa shape index (κ3) is 3.61. The highest BCUT2D eigenvalue weighted by Gasteiger charge is 2.40. The Morgan fingerprint density at radius 3 is 1.57 bits per heavy atom. The van der Waals surface area contributed by atoms with Gasteiger partial charge in [-0.3, -0.25) is 0 Å². The van der Waals surface area contributed by atoms with Gasteiger partial charge in [0.25, 0.3) is 0 Å². The average Bonchev–Trinajstić information content (AvgIpc) is 1.80. The fourth-order valence-electron chi connectivity index (χ4n) is 0.915. The van der Waals surface area contributed by atoms with E-state index in [1.165, 1.54) is 0 Å². The van der Waals surface area contributed by atoms with Crippen LogP contribution in [0.5, 0.6) is 0 Å². The molecule has 0 heterocycles. The van der Waals surface area contributed by atoms with Gasteiger partial charge < -0.3 is 4.43 Å². The molecule has 0 amide bonds. The predicted octanol–water partition coefficient (Wildman–Crippen LogP) is 4.40. The van der Waals surface area contributed by atoms with Gasteiger partial charge in [0.05, 0.1) is 5.38 Å². The molecule has 0 aliphatic heterocycles. The lowest BCUT2D eigenvalue weighted by Gasteiger charge is -2.40. The van der Waals surface area contributed by atoms with Crippen LogP contribution in [0.2, 0.25) is 37.8 Å². The van der Waals surface area contributed by atoms with Crippen LogP contribution in [-0.4, -0.2) is 16.4 Å². The van der Waals surface area contributed by atoms with Gasteiger partial charge in [0.2, 0.25) is 8.32 Å². The Balaban J connectivity index is 4.70. The SMILES string of the molecule is C=C(O[Si](C)(C)C)[Si](C)(C)C(C)(C)C. The molecule has 0 aliphatic carbocycles. The molecule has 0 aromatic carbocycles. The topological polar surface area (TPSA) is 9.23 Å². The largest absolute Gasteiger partial charge is 0.552 e. The summed E-state index contributed by atoms with van der Waals surface area (Å²) < 4.78 is 6.04. The normalized spacial score (nSPS) is 14.0. The van der Waals surface area contributed by atoms with Crippen LogP contribution in [0.1, 0.15) is 20.8 Å². The molecule has 0 N–H and O–H groups in total. The molecule has 1 nitrogen and oxygen atoms in total. The van der Waals surface area contributed by atoms with E-state index in [0.29, 0.717) is 5.04 Å². The van der Waals surface area contributed by atoms with Crippen LogP contribution >= 0.6 is 0 Å². The smallest absolute Gasteiger partial charge is 0.241 e. The minimum Gasteiger partial charge on any atom is -0.552 e. The molecule has 0 fully saturated rings. The van der Waals surface area contributed by atoms with E-state index < -0.39 is 16.4 Å². The second-order valence-electron chi connectivity index (χ2n) is 6.51. The highest BCUT2D eigenvalue weighted by molar-refractivity contribution is 6.87. The summed E-state index contributed by atoms with van der Waals surface area (Å²) in [7, 11) is -2.97. The number of hydrogen-bond acceptors (Lipinski definition) is 1. The van der Waals surface area contributed by atoms with Gasteiger partial charge in [-0.25, -0.2) is 0 Å². The van der Waals surface area contributed by atoms with Gasteiger partial charge >= 0.3 is 0 Å². The maximum atomic E-state index is 6.04. The van der Waals surface area contributed by atoms with Gasteiger partial charge in [-0.2, -0.15) is 0 Å². The van der Waals surface area contributed by atoms with E-state index in [1.54, 1.807) is 0 Å². The van der Waals surface area contributed by atoms with Crippen molar-refractivity contribution >= 4 is 16.4 Å². The molecule has 14 heavy (non-hydrogen) atoms. The quantitative estimate of drug-likeness (QED) is 0.516. The first-order valence-corrected chi connectivity index (χ1v) is 11.7. The fraction of sp³-hybridized carbons (Fsp3) is 0.818. The van der Waals surface area contributed by atoms with Crippen LogP contribution in [0.3, 0.4) is 0 Å². The zero-order valence-electron chi connectivity index (χ0n) is 11.1. The summed E-state index contributed by atoms with van der Waals surface area (Å²) in [4.78, 5) is 0. The zero-order valence-corrected chi connectivity index (χ0v) is 13.1. The van der Waals surface area contributed by atoms with Crippen molar-refractivity contribution < 1.29 is 4.43 Å². The summed E-state index contributed by atoms with van der Waals surface area (Å²) in [5, 5.41) is 1.40. The average molecular weight is 230 g/mol. The maximum Gasteiger partial charge on any atom is 0.241 e. The summed E-state index contributed by atoms with van der Waals surface area (Å²) >= 11 is 0. The molecule has 0 bridgehead atoms. The van der Waals surface area contributed by atoms with Crippen LogP contribution in [0.4, 0.5) is 0 Å². The third-order valence-electron chi connectivity index (χ3n) is 3.00. The molecule has 0 aliphatic rings. The van der Waals surface area contributed by atoms with Gasteiger partial charge in [-0.1, -0.05) is 40.4 Å². The summed E-state index contributed by atoms with van der Waals surface area (Å²) in [6.07, 6.45) is 0. The van der Waals surface area contributed by atoms with Crippen LogP contribution < -0.4 is 0 Å². The standard InChI is InChI=1S/C11H26OSi2/c1-10(12-13(5,6)7)14(8,9)11(2,3)4/h1H2,2-9H3. The first kappa shape index (κ1) is 14.0. The summed E-state index contributed by atoms with van der Waals surface area (Å²) in [5.41, 5.74) is 0. The molecule has 84 valence electrons. The lowest BCUT2D eigenvalue weighted by molar-refractivity contribution is 0.447. The Bertz CT molecular complexity index is 218. The minimum atomic E-state index is -1.50. The lowest BCUT2D eigenvalue weighted by atomic mass is 10.2. The molecule has 0 saturated heterocycles. The van der Waals surface area contributed by atoms with Gasteiger partial charge in [0.15, 0.2) is 0 Å². The van der Waals surface area contributed by atoms with Gasteiger partial charge in [0.1, 0.15) is 8.07 Å². The highest BCUT2D eigenvalue weighted by Crippen LogP contribution is 2.40. The zero-order chi connectivity index (χ0) is 11.8. The van der Waals surface area contributed by atoms with Gasteiger partial charge in [-0.05, 0) is 24.7 Å². The van der Waals surface area contributed by atoms with E-state index in [4.69, 9.17) is 4.43 Å². The van der Waals surface area contributed by atoms with Crippen molar-refractivity contribution in [3.63, 3.8) is 0 Å². The molecule has 0 aromatic heterocycles. The van der Waals surface area contributed by atoms with Crippen molar-refractivity contribution in [1.82, 2.24) is 0 Å². The van der Waals surface area contributed by atoms with Gasteiger partial charge in [-0.15, -0.1) is 0 Å². The molecule has 3 heteroatoms. The van der Waals surface area contributed by atoms with E-state index in [-0.39, 0.29) is 0 Å². The molecular weight excluding hydrogens is 204 g/mol. The van der Waals surface area contributed by atoms with Crippen molar-refractivity contribution in [2.45, 2.75) is 58.5 Å². The monoisotopic (exact) mass is 230 g/mol. The van der Waals surface area contributed by atoms with E-state index >= 15 is 0 Å². The molecule has 0 rings (SSSR count). The van der Waals surface area contributed by atoms with Crippen molar-refractivity contribution in [2.75, 3.05) is 0 Å². The fourth-order valence-corrected chi connectivity index (χ4v) is 4.43. The van der Waals surface area contributed by atoms with Crippen molar-refractivity contribution in [2.24, 2.45) is 0 Å². The summed E-state index contributed by atoms with van der Waals surface area (Å²) in [5.74, 6) is 0. The van der Waals surface area contributed by atoms with E-state index in [1.807, 2.05) is 0 Å². The first-order valence-electron chi connectivity index (χ1n) is 5.26. The molecule has 0 atom stereocenters. The number of hydrogen-bond donors (Lipinski definition) is 0. The van der Waals surface area contributed by atoms with E-state index in [0.717, 1.165) is 5.38 Å². The predicted molar refractivity (Wildman–Crippen MR) is 70.8 cm³/mol. The molecule has 0 spiro atoms. The molecule has 0 saturated carbocycles. The minimum absolute atomic E-state index is 0.323.